The number of anilines is 2. The summed E-state index contributed by atoms with van der Waals surface area (Å²) in [6.45, 7) is 9.43. The molecule has 5 heterocycles. The maximum atomic E-state index is 12.8. The molecule has 14 heteroatoms. The largest absolute Gasteiger partial charge is 0.491 e. The summed E-state index contributed by atoms with van der Waals surface area (Å²) in [5.74, 6) is -0.320. The Balaban J connectivity index is 0.911. The van der Waals surface area contributed by atoms with Crippen LogP contribution in [-0.2, 0) is 15.3 Å². The maximum Gasteiger partial charge on any atom is 0.350 e. The van der Waals surface area contributed by atoms with Crippen LogP contribution >= 0.6 is 0 Å². The first-order valence-corrected chi connectivity index (χ1v) is 16.5. The zero-order valence-corrected chi connectivity index (χ0v) is 27.6. The van der Waals surface area contributed by atoms with Crippen molar-refractivity contribution in [3.05, 3.63) is 89.4 Å². The first-order chi connectivity index (χ1) is 23.4. The normalized spacial score (nSPS) is 22.1. The van der Waals surface area contributed by atoms with E-state index < -0.39 is 5.79 Å². The van der Waals surface area contributed by atoms with Gasteiger partial charge in [0.05, 0.1) is 24.9 Å². The molecule has 0 radical (unpaired) electrons. The highest BCUT2D eigenvalue weighted by atomic mass is 16.8. The van der Waals surface area contributed by atoms with Gasteiger partial charge < -0.3 is 24.0 Å². The molecule has 0 amide bonds. The van der Waals surface area contributed by atoms with Crippen molar-refractivity contribution in [3.8, 4) is 11.4 Å². The maximum absolute atomic E-state index is 12.8. The standard InChI is InChI=1S/C34H42N10O4/c1-4-26(2)44-33(45)42(25-37-44)29-9-7-27(8-10-29)40-18-20-41(21-19-40)28-11-13-30(14-12-28)46-22-31-23-47-34(48-31,32-6-5-15-35-38-32)24-43-36-16-17-39(43)3/h5-16,25-26,31H,4,17-24H2,1-3H3. The molecule has 252 valence electrons. The van der Waals surface area contributed by atoms with E-state index in [2.05, 4.69) is 61.4 Å². The minimum Gasteiger partial charge on any atom is -0.491 e. The van der Waals surface area contributed by atoms with Crippen molar-refractivity contribution in [2.24, 2.45) is 5.10 Å². The van der Waals surface area contributed by atoms with E-state index in [1.807, 2.05) is 66.7 Å². The van der Waals surface area contributed by atoms with Crippen LogP contribution in [0.5, 0.6) is 5.75 Å². The number of hydrogen-bond donors (Lipinski definition) is 0. The number of hydrazine groups is 1. The minimum atomic E-state index is -1.09. The Morgan fingerprint density at radius 2 is 1.67 bits per heavy atom. The van der Waals surface area contributed by atoms with E-state index in [1.165, 1.54) is 0 Å². The molecular formula is C34H42N10O4. The Bertz CT molecular complexity index is 1740. The third-order valence-corrected chi connectivity index (χ3v) is 9.24. The number of piperazine rings is 1. The molecule has 2 saturated heterocycles. The van der Waals surface area contributed by atoms with Crippen molar-refractivity contribution in [2.75, 3.05) is 69.3 Å². The van der Waals surface area contributed by atoms with Crippen LogP contribution < -0.4 is 20.2 Å². The van der Waals surface area contributed by atoms with Crippen molar-refractivity contribution in [1.29, 1.82) is 0 Å². The molecule has 2 fully saturated rings. The van der Waals surface area contributed by atoms with Gasteiger partial charge in [-0.1, -0.05) is 6.92 Å². The molecule has 0 N–H and O–H groups in total. The lowest BCUT2D eigenvalue weighted by molar-refractivity contribution is -0.212. The smallest absolute Gasteiger partial charge is 0.350 e. The van der Waals surface area contributed by atoms with Crippen LogP contribution in [0.2, 0.25) is 0 Å². The molecule has 0 spiro atoms. The Morgan fingerprint density at radius 3 is 2.29 bits per heavy atom. The van der Waals surface area contributed by atoms with E-state index in [0.29, 0.717) is 25.5 Å². The van der Waals surface area contributed by atoms with Crippen LogP contribution in [0.15, 0.2) is 83.1 Å². The van der Waals surface area contributed by atoms with Gasteiger partial charge >= 0.3 is 5.69 Å². The van der Waals surface area contributed by atoms with Crippen LogP contribution in [-0.4, -0.2) is 107 Å². The first kappa shape index (κ1) is 31.8. The molecule has 3 atom stereocenters. The number of ether oxygens (including phenoxy) is 3. The van der Waals surface area contributed by atoms with Crippen LogP contribution in [0.1, 0.15) is 32.0 Å². The van der Waals surface area contributed by atoms with Gasteiger partial charge in [-0.05, 0) is 74.0 Å². The van der Waals surface area contributed by atoms with E-state index in [4.69, 9.17) is 14.2 Å². The highest BCUT2D eigenvalue weighted by Crippen LogP contribution is 2.35. The van der Waals surface area contributed by atoms with Gasteiger partial charge in [-0.25, -0.2) is 24.2 Å². The number of nitrogens with zero attached hydrogens (tertiary/aromatic N) is 10. The number of hydrogen-bond acceptors (Lipinski definition) is 12. The first-order valence-electron chi connectivity index (χ1n) is 16.5. The van der Waals surface area contributed by atoms with Crippen molar-refractivity contribution >= 4 is 17.6 Å². The highest BCUT2D eigenvalue weighted by Gasteiger charge is 2.47. The second kappa shape index (κ2) is 13.7. The van der Waals surface area contributed by atoms with Gasteiger partial charge in [0.2, 0.25) is 5.79 Å². The number of hydrazone groups is 1. The quantitative estimate of drug-likeness (QED) is 0.238. The summed E-state index contributed by atoms with van der Waals surface area (Å²) in [4.78, 5) is 17.6. The molecule has 0 bridgehead atoms. The fraction of sp³-hybridized carbons (Fsp3) is 0.441. The lowest BCUT2D eigenvalue weighted by Gasteiger charge is -2.37. The predicted molar refractivity (Wildman–Crippen MR) is 182 cm³/mol. The molecule has 48 heavy (non-hydrogen) atoms. The molecule has 14 nitrogen and oxygen atoms in total. The summed E-state index contributed by atoms with van der Waals surface area (Å²) in [6.07, 6.45) is 5.65. The van der Waals surface area contributed by atoms with E-state index >= 15 is 0 Å². The summed E-state index contributed by atoms with van der Waals surface area (Å²) in [7, 11) is 1.96. The average molecular weight is 655 g/mol. The summed E-state index contributed by atoms with van der Waals surface area (Å²) in [6, 6.07) is 20.1. The fourth-order valence-electron chi connectivity index (χ4n) is 6.19. The van der Waals surface area contributed by atoms with Gasteiger partial charge in [-0.2, -0.15) is 15.3 Å². The Morgan fingerprint density at radius 1 is 0.979 bits per heavy atom. The summed E-state index contributed by atoms with van der Waals surface area (Å²) in [5, 5.41) is 20.9. The van der Waals surface area contributed by atoms with Gasteiger partial charge in [-0.3, -0.25) is 0 Å². The molecule has 3 aliphatic rings. The molecule has 3 aliphatic heterocycles. The molecule has 7 rings (SSSR count). The average Bonchev–Trinajstić information content (AvgIpc) is 3.86. The highest BCUT2D eigenvalue weighted by molar-refractivity contribution is 5.60. The van der Waals surface area contributed by atoms with E-state index in [-0.39, 0.29) is 17.8 Å². The van der Waals surface area contributed by atoms with Crippen LogP contribution in [0.3, 0.4) is 0 Å². The molecule has 4 aromatic rings. The topological polar surface area (TPSA) is 119 Å². The Kier molecular flexibility index (Phi) is 9.11. The summed E-state index contributed by atoms with van der Waals surface area (Å²) < 4.78 is 22.0. The number of benzene rings is 2. The SMILES string of the molecule is CCC(C)n1ncn(-c2ccc(N3CCN(c4ccc(OCC5COC(CN6N=CCN6C)(c6cccnn6)O5)cc4)CC3)cc2)c1=O. The van der Waals surface area contributed by atoms with Crippen LogP contribution in [0.4, 0.5) is 11.4 Å². The lowest BCUT2D eigenvalue weighted by Crippen LogP contribution is -2.46. The van der Waals surface area contributed by atoms with Crippen LogP contribution in [0.25, 0.3) is 5.69 Å². The second-order valence-electron chi connectivity index (χ2n) is 12.4. The van der Waals surface area contributed by atoms with Gasteiger partial charge in [0, 0.05) is 57.0 Å². The lowest BCUT2D eigenvalue weighted by atomic mass is 10.2. The van der Waals surface area contributed by atoms with Crippen molar-refractivity contribution in [2.45, 2.75) is 38.2 Å². The Hall–Kier alpha value is -4.79. The fourth-order valence-corrected chi connectivity index (χ4v) is 6.19. The molecule has 0 aliphatic carbocycles. The van der Waals surface area contributed by atoms with E-state index in [1.54, 1.807) is 21.8 Å². The molecule has 0 saturated carbocycles. The number of rotatable bonds is 11. The van der Waals surface area contributed by atoms with E-state index in [0.717, 1.165) is 62.0 Å². The van der Waals surface area contributed by atoms with Crippen molar-refractivity contribution in [1.82, 2.24) is 34.7 Å². The zero-order valence-electron chi connectivity index (χ0n) is 27.6. The molecule has 2 aromatic carbocycles. The molecule has 3 unspecified atom stereocenters. The third-order valence-electron chi connectivity index (χ3n) is 9.24. The van der Waals surface area contributed by atoms with Gasteiger partial charge in [0.15, 0.2) is 0 Å². The monoisotopic (exact) mass is 654 g/mol. The van der Waals surface area contributed by atoms with Crippen molar-refractivity contribution < 1.29 is 14.2 Å². The van der Waals surface area contributed by atoms with Crippen molar-refractivity contribution in [3.63, 3.8) is 0 Å². The predicted octanol–water partition coefficient (Wildman–Crippen LogP) is 2.92. The van der Waals surface area contributed by atoms with Gasteiger partial charge in [0.1, 0.15) is 37.0 Å². The van der Waals surface area contributed by atoms with E-state index in [9.17, 15) is 4.79 Å². The zero-order chi connectivity index (χ0) is 33.1. The van der Waals surface area contributed by atoms with Gasteiger partial charge in [0.25, 0.3) is 0 Å². The molecular weight excluding hydrogens is 612 g/mol. The van der Waals surface area contributed by atoms with Crippen LogP contribution in [0, 0.1) is 0 Å². The third kappa shape index (κ3) is 6.50. The minimum absolute atomic E-state index is 0.0700. The second-order valence-corrected chi connectivity index (χ2v) is 12.4. The molecule has 2 aromatic heterocycles. The Labute approximate surface area is 279 Å². The summed E-state index contributed by atoms with van der Waals surface area (Å²) >= 11 is 0. The summed E-state index contributed by atoms with van der Waals surface area (Å²) in [5.41, 5.74) is 3.62. The van der Waals surface area contributed by atoms with Gasteiger partial charge in [-0.15, -0.1) is 5.10 Å². The number of aromatic nitrogens is 5.